The first kappa shape index (κ1) is 12.6. The SMILES string of the molecule is O=C(O)c1ccccc1S(=O)(=O)CC(F)F. The van der Waals surface area contributed by atoms with Crippen LogP contribution >= 0.6 is 0 Å². The average molecular weight is 250 g/mol. The maximum atomic E-state index is 12.0. The Morgan fingerprint density at radius 3 is 2.38 bits per heavy atom. The molecule has 0 aliphatic heterocycles. The minimum absolute atomic E-state index is 0.497. The lowest BCUT2D eigenvalue weighted by atomic mass is 10.2. The summed E-state index contributed by atoms with van der Waals surface area (Å²) >= 11 is 0. The fourth-order valence-electron chi connectivity index (χ4n) is 1.17. The molecule has 0 saturated heterocycles. The Balaban J connectivity index is 3.28. The summed E-state index contributed by atoms with van der Waals surface area (Å²) in [5.41, 5.74) is -0.497. The lowest BCUT2D eigenvalue weighted by molar-refractivity contribution is 0.0692. The lowest BCUT2D eigenvalue weighted by Crippen LogP contribution is -2.16. The van der Waals surface area contributed by atoms with Gasteiger partial charge in [-0.3, -0.25) is 0 Å². The van der Waals surface area contributed by atoms with Crippen molar-refractivity contribution in [1.82, 2.24) is 0 Å². The number of benzene rings is 1. The standard InChI is InChI=1S/C9H8F2O4S/c10-8(11)5-16(14,15)7-4-2-1-3-6(7)9(12)13/h1-4,8H,5H2,(H,12,13). The van der Waals surface area contributed by atoms with E-state index in [0.29, 0.717) is 0 Å². The van der Waals surface area contributed by atoms with E-state index in [2.05, 4.69) is 0 Å². The highest BCUT2D eigenvalue weighted by Gasteiger charge is 2.25. The van der Waals surface area contributed by atoms with Crippen LogP contribution in [0.2, 0.25) is 0 Å². The fraction of sp³-hybridized carbons (Fsp3) is 0.222. The van der Waals surface area contributed by atoms with Crippen molar-refractivity contribution >= 4 is 15.8 Å². The molecular formula is C9H8F2O4S. The number of halogens is 2. The van der Waals surface area contributed by atoms with Crippen LogP contribution in [0.5, 0.6) is 0 Å². The number of carboxylic acid groups (broad SMARTS) is 1. The van der Waals surface area contributed by atoms with Crippen LogP contribution in [0, 0.1) is 0 Å². The van der Waals surface area contributed by atoms with E-state index >= 15 is 0 Å². The van der Waals surface area contributed by atoms with E-state index in [-0.39, 0.29) is 0 Å². The van der Waals surface area contributed by atoms with Gasteiger partial charge in [0.15, 0.2) is 9.84 Å². The summed E-state index contributed by atoms with van der Waals surface area (Å²) in [5, 5.41) is 8.71. The monoisotopic (exact) mass is 250 g/mol. The van der Waals surface area contributed by atoms with Crippen molar-refractivity contribution in [3.63, 3.8) is 0 Å². The maximum absolute atomic E-state index is 12.0. The van der Waals surface area contributed by atoms with E-state index < -0.39 is 38.4 Å². The second-order valence-electron chi connectivity index (χ2n) is 2.97. The van der Waals surface area contributed by atoms with Crippen molar-refractivity contribution in [2.24, 2.45) is 0 Å². The summed E-state index contributed by atoms with van der Waals surface area (Å²) in [7, 11) is -4.27. The van der Waals surface area contributed by atoms with Crippen LogP contribution in [-0.2, 0) is 9.84 Å². The molecule has 0 amide bonds. The van der Waals surface area contributed by atoms with Crippen LogP contribution in [0.1, 0.15) is 10.4 Å². The predicted molar refractivity (Wildman–Crippen MR) is 51.5 cm³/mol. The first-order valence-electron chi connectivity index (χ1n) is 4.18. The molecule has 0 atom stereocenters. The minimum Gasteiger partial charge on any atom is -0.478 e. The number of carboxylic acids is 1. The maximum Gasteiger partial charge on any atom is 0.337 e. The Labute approximate surface area is 90.4 Å². The van der Waals surface area contributed by atoms with Crippen molar-refractivity contribution in [3.8, 4) is 0 Å². The molecule has 1 aromatic carbocycles. The molecule has 0 heterocycles. The van der Waals surface area contributed by atoms with Crippen LogP contribution in [0.15, 0.2) is 29.2 Å². The second-order valence-corrected chi connectivity index (χ2v) is 4.98. The molecule has 88 valence electrons. The number of rotatable bonds is 4. The molecule has 1 aromatic rings. The van der Waals surface area contributed by atoms with Gasteiger partial charge < -0.3 is 5.11 Å². The Bertz CT molecular complexity index is 496. The van der Waals surface area contributed by atoms with Gasteiger partial charge in [-0.05, 0) is 12.1 Å². The van der Waals surface area contributed by atoms with Crippen LogP contribution in [-0.4, -0.2) is 31.7 Å². The van der Waals surface area contributed by atoms with Gasteiger partial charge in [-0.25, -0.2) is 22.0 Å². The second kappa shape index (κ2) is 4.56. The van der Waals surface area contributed by atoms with E-state index in [1.54, 1.807) is 0 Å². The molecule has 0 bridgehead atoms. The van der Waals surface area contributed by atoms with Crippen molar-refractivity contribution in [2.75, 3.05) is 5.75 Å². The third-order valence-corrected chi connectivity index (χ3v) is 3.51. The van der Waals surface area contributed by atoms with Gasteiger partial charge in [-0.1, -0.05) is 12.1 Å². The van der Waals surface area contributed by atoms with Gasteiger partial charge in [0.2, 0.25) is 0 Å². The highest BCUT2D eigenvalue weighted by Crippen LogP contribution is 2.18. The zero-order chi connectivity index (χ0) is 12.3. The first-order valence-corrected chi connectivity index (χ1v) is 5.83. The number of sulfone groups is 1. The summed E-state index contributed by atoms with van der Waals surface area (Å²) in [6.45, 7) is 0. The zero-order valence-electron chi connectivity index (χ0n) is 7.93. The molecule has 1 rings (SSSR count). The van der Waals surface area contributed by atoms with Crippen molar-refractivity contribution in [3.05, 3.63) is 29.8 Å². The van der Waals surface area contributed by atoms with E-state index in [1.165, 1.54) is 12.1 Å². The molecule has 1 N–H and O–H groups in total. The fourth-order valence-corrected chi connectivity index (χ4v) is 2.46. The summed E-state index contributed by atoms with van der Waals surface area (Å²) < 4.78 is 46.9. The van der Waals surface area contributed by atoms with Gasteiger partial charge in [-0.2, -0.15) is 0 Å². The number of carbonyl (C=O) groups is 1. The Kier molecular flexibility index (Phi) is 3.58. The number of hydrogen-bond acceptors (Lipinski definition) is 3. The molecule has 0 radical (unpaired) electrons. The number of alkyl halides is 2. The van der Waals surface area contributed by atoms with Crippen molar-refractivity contribution in [2.45, 2.75) is 11.3 Å². The van der Waals surface area contributed by atoms with E-state index in [4.69, 9.17) is 5.11 Å². The minimum atomic E-state index is -4.27. The van der Waals surface area contributed by atoms with Crippen molar-refractivity contribution < 1.29 is 27.1 Å². The van der Waals surface area contributed by atoms with E-state index in [9.17, 15) is 22.0 Å². The van der Waals surface area contributed by atoms with Gasteiger partial charge in [0.1, 0.15) is 5.75 Å². The molecule has 0 aromatic heterocycles. The Morgan fingerprint density at radius 1 is 1.31 bits per heavy atom. The molecule has 0 fully saturated rings. The van der Waals surface area contributed by atoms with Gasteiger partial charge in [0, 0.05) is 0 Å². The van der Waals surface area contributed by atoms with Crippen LogP contribution in [0.25, 0.3) is 0 Å². The summed E-state index contributed by atoms with van der Waals surface area (Å²) in [5.74, 6) is -2.84. The van der Waals surface area contributed by atoms with Crippen LogP contribution in [0.4, 0.5) is 8.78 Å². The lowest BCUT2D eigenvalue weighted by Gasteiger charge is -2.06. The smallest absolute Gasteiger partial charge is 0.337 e. The molecule has 0 spiro atoms. The highest BCUT2D eigenvalue weighted by atomic mass is 32.2. The van der Waals surface area contributed by atoms with Gasteiger partial charge >= 0.3 is 5.97 Å². The van der Waals surface area contributed by atoms with Crippen LogP contribution < -0.4 is 0 Å². The van der Waals surface area contributed by atoms with Crippen molar-refractivity contribution in [1.29, 1.82) is 0 Å². The molecule has 4 nitrogen and oxygen atoms in total. The number of aromatic carboxylic acids is 1. The van der Waals surface area contributed by atoms with E-state index in [1.807, 2.05) is 0 Å². The summed E-state index contributed by atoms with van der Waals surface area (Å²) in [6.07, 6.45) is -3.04. The van der Waals surface area contributed by atoms with Gasteiger partial charge in [-0.15, -0.1) is 0 Å². The Hall–Kier alpha value is -1.50. The molecular weight excluding hydrogens is 242 g/mol. The molecule has 16 heavy (non-hydrogen) atoms. The normalized spacial score (nSPS) is 11.7. The molecule has 0 aliphatic rings. The number of hydrogen-bond donors (Lipinski definition) is 1. The third kappa shape index (κ3) is 2.75. The Morgan fingerprint density at radius 2 is 1.88 bits per heavy atom. The quantitative estimate of drug-likeness (QED) is 0.877. The molecule has 7 heteroatoms. The van der Waals surface area contributed by atoms with Gasteiger partial charge in [0.05, 0.1) is 10.5 Å². The van der Waals surface area contributed by atoms with Crippen LogP contribution in [0.3, 0.4) is 0 Å². The van der Waals surface area contributed by atoms with Gasteiger partial charge in [0.25, 0.3) is 6.43 Å². The molecule has 0 aliphatic carbocycles. The highest BCUT2D eigenvalue weighted by molar-refractivity contribution is 7.91. The first-order chi connectivity index (χ1) is 7.34. The summed E-state index contributed by atoms with van der Waals surface area (Å²) in [4.78, 5) is 10.1. The zero-order valence-corrected chi connectivity index (χ0v) is 8.75. The largest absolute Gasteiger partial charge is 0.478 e. The predicted octanol–water partition coefficient (Wildman–Crippen LogP) is 1.42. The molecule has 0 unspecified atom stereocenters. The summed E-state index contributed by atoms with van der Waals surface area (Å²) in [6, 6.07) is 4.66. The topological polar surface area (TPSA) is 71.4 Å². The van der Waals surface area contributed by atoms with E-state index in [0.717, 1.165) is 12.1 Å². The average Bonchev–Trinajstić information content (AvgIpc) is 2.15. The third-order valence-electron chi connectivity index (χ3n) is 1.80. The molecule has 0 saturated carbocycles.